The standard InChI is InChI=1S/C31H39B5N4O8/c1-2-20(43)40(13-6-4-3-5-12-38-30(46)21-22(32)24(34)26(36)25(35)23(21)33)14-11-19(42)39-16-7-9-17(10-8-16)47-31-27(37)29(45)28(44)18(15-41)48-31/h7-10,18,27-29,31,41,44-45H,2-6,11-15,37H2,1H3,(H,38,46)(H,39,42). The molecule has 10 radical (unpaired) electrons. The molecule has 7 N–H and O–H groups in total. The number of aliphatic hydroxyl groups is 3. The minimum Gasteiger partial charge on any atom is -0.463 e. The molecule has 1 fully saturated rings. The van der Waals surface area contributed by atoms with E-state index in [9.17, 15) is 29.7 Å². The molecule has 12 nitrogen and oxygen atoms in total. The van der Waals surface area contributed by atoms with E-state index in [1.54, 1.807) is 36.1 Å². The van der Waals surface area contributed by atoms with Crippen LogP contribution in [0.15, 0.2) is 24.3 Å². The van der Waals surface area contributed by atoms with Crippen LogP contribution in [-0.2, 0) is 14.3 Å². The van der Waals surface area contributed by atoms with Crippen molar-refractivity contribution < 1.29 is 39.2 Å². The monoisotopic (exact) mass is 650 g/mol. The van der Waals surface area contributed by atoms with Crippen molar-refractivity contribution in [3.05, 3.63) is 29.8 Å². The van der Waals surface area contributed by atoms with Gasteiger partial charge in [0.1, 0.15) is 63.3 Å². The van der Waals surface area contributed by atoms with Crippen molar-refractivity contribution in [3.63, 3.8) is 0 Å². The number of nitrogens with one attached hydrogen (secondary N) is 2. The van der Waals surface area contributed by atoms with Crippen molar-refractivity contribution >= 4 is 90.0 Å². The lowest BCUT2D eigenvalue weighted by atomic mass is 9.60. The van der Waals surface area contributed by atoms with Gasteiger partial charge in [-0.05, 0) is 37.1 Å². The van der Waals surface area contributed by atoms with E-state index in [0.29, 0.717) is 37.4 Å². The Morgan fingerprint density at radius 1 is 0.896 bits per heavy atom. The largest absolute Gasteiger partial charge is 0.463 e. The third kappa shape index (κ3) is 10.1. The number of nitrogens with zero attached hydrogens (tertiary/aromatic N) is 1. The van der Waals surface area contributed by atoms with Crippen LogP contribution in [0, 0.1) is 0 Å². The fourth-order valence-electron chi connectivity index (χ4n) is 5.17. The molecule has 246 valence electrons. The highest BCUT2D eigenvalue weighted by Crippen LogP contribution is 2.24. The summed E-state index contributed by atoms with van der Waals surface area (Å²) in [6.07, 6.45) is -1.46. The molecule has 3 rings (SSSR count). The maximum atomic E-state index is 12.6. The summed E-state index contributed by atoms with van der Waals surface area (Å²) >= 11 is 0. The summed E-state index contributed by atoms with van der Waals surface area (Å²) in [5, 5.41) is 35.0. The van der Waals surface area contributed by atoms with E-state index in [2.05, 4.69) is 10.6 Å². The molecule has 3 amide bonds. The zero-order valence-corrected chi connectivity index (χ0v) is 27.1. The molecule has 1 aliphatic rings. The molecule has 1 heterocycles. The minimum absolute atomic E-state index is 0.000668. The van der Waals surface area contributed by atoms with Gasteiger partial charge >= 0.3 is 0 Å². The molecule has 2 aromatic carbocycles. The van der Waals surface area contributed by atoms with Crippen molar-refractivity contribution in [2.75, 3.05) is 31.6 Å². The first-order chi connectivity index (χ1) is 22.8. The molecule has 0 bridgehead atoms. The van der Waals surface area contributed by atoms with Gasteiger partial charge in [-0.2, -0.15) is 0 Å². The van der Waals surface area contributed by atoms with E-state index in [-0.39, 0.29) is 57.7 Å². The first-order valence-electron chi connectivity index (χ1n) is 15.8. The lowest BCUT2D eigenvalue weighted by Gasteiger charge is -2.40. The van der Waals surface area contributed by atoms with Crippen LogP contribution in [0.25, 0.3) is 0 Å². The number of amides is 3. The Balaban J connectivity index is 1.38. The Bertz CT molecular complexity index is 1390. The fourth-order valence-corrected chi connectivity index (χ4v) is 5.17. The number of nitrogens with two attached hydrogens (primary N) is 1. The van der Waals surface area contributed by atoms with E-state index >= 15 is 0 Å². The van der Waals surface area contributed by atoms with E-state index < -0.39 is 43.2 Å². The SMILES string of the molecule is [B]c1c([B])c([B])c(C(=O)NCCCCCCN(CCC(=O)Nc2ccc(OC3OC(CO)C(O)C(O)C3N)cc2)C(=O)CC)c([B])c1[B]. The number of carbonyl (C=O) groups is 3. The van der Waals surface area contributed by atoms with Crippen LogP contribution in [0.2, 0.25) is 0 Å². The van der Waals surface area contributed by atoms with Gasteiger partial charge in [-0.25, -0.2) is 0 Å². The summed E-state index contributed by atoms with van der Waals surface area (Å²) in [4.78, 5) is 39.5. The van der Waals surface area contributed by atoms with Gasteiger partial charge in [0, 0.05) is 43.7 Å². The summed E-state index contributed by atoms with van der Waals surface area (Å²) in [6, 6.07) is 5.32. The summed E-state index contributed by atoms with van der Waals surface area (Å²) in [6.45, 7) is 2.35. The van der Waals surface area contributed by atoms with E-state index in [0.717, 1.165) is 19.3 Å². The topological polar surface area (TPSA) is 184 Å². The van der Waals surface area contributed by atoms with Crippen LogP contribution >= 0.6 is 0 Å². The number of benzene rings is 2. The molecule has 0 spiro atoms. The smallest absolute Gasteiger partial charge is 0.250 e. The lowest BCUT2D eigenvalue weighted by Crippen LogP contribution is -2.63. The van der Waals surface area contributed by atoms with Crippen LogP contribution in [0.4, 0.5) is 5.69 Å². The first kappa shape index (κ1) is 39.2. The molecular weight excluding hydrogens is 610 g/mol. The molecule has 17 heteroatoms. The van der Waals surface area contributed by atoms with Crippen LogP contribution in [0.1, 0.15) is 55.8 Å². The van der Waals surface area contributed by atoms with Gasteiger partial charge in [0.15, 0.2) is 0 Å². The molecular formula is C31H39B5N4O8. The molecule has 48 heavy (non-hydrogen) atoms. The van der Waals surface area contributed by atoms with Gasteiger partial charge in [-0.15, -0.1) is 16.4 Å². The first-order valence-corrected chi connectivity index (χ1v) is 15.8. The zero-order valence-electron chi connectivity index (χ0n) is 27.1. The predicted molar refractivity (Wildman–Crippen MR) is 187 cm³/mol. The minimum atomic E-state index is -1.34. The number of anilines is 1. The van der Waals surface area contributed by atoms with E-state index in [4.69, 9.17) is 54.4 Å². The highest BCUT2D eigenvalue weighted by molar-refractivity contribution is 6.68. The summed E-state index contributed by atoms with van der Waals surface area (Å²) in [5.41, 5.74) is 6.43. The number of ether oxygens (including phenoxy) is 2. The average molecular weight is 650 g/mol. The van der Waals surface area contributed by atoms with Gasteiger partial charge in [0.25, 0.3) is 0 Å². The lowest BCUT2D eigenvalue weighted by molar-refractivity contribution is -0.239. The van der Waals surface area contributed by atoms with Crippen LogP contribution in [0.5, 0.6) is 5.75 Å². The van der Waals surface area contributed by atoms with Crippen LogP contribution < -0.4 is 48.4 Å². The zero-order chi connectivity index (χ0) is 35.5. The van der Waals surface area contributed by atoms with Crippen LogP contribution in [-0.4, -0.2) is 134 Å². The normalized spacial score (nSPS) is 20.6. The maximum Gasteiger partial charge on any atom is 0.250 e. The second-order valence-electron chi connectivity index (χ2n) is 11.6. The van der Waals surface area contributed by atoms with Gasteiger partial charge in [-0.1, -0.05) is 30.7 Å². The highest BCUT2D eigenvalue weighted by atomic mass is 16.7. The van der Waals surface area contributed by atoms with Crippen molar-refractivity contribution in [2.45, 2.75) is 76.1 Å². The predicted octanol–water partition coefficient (Wildman–Crippen LogP) is -4.64. The highest BCUT2D eigenvalue weighted by Gasteiger charge is 2.43. The molecule has 1 saturated heterocycles. The van der Waals surface area contributed by atoms with Crippen LogP contribution in [0.3, 0.4) is 0 Å². The Morgan fingerprint density at radius 2 is 1.50 bits per heavy atom. The maximum absolute atomic E-state index is 12.6. The number of hydrogen-bond acceptors (Lipinski definition) is 9. The van der Waals surface area contributed by atoms with E-state index in [1.165, 1.54) is 0 Å². The summed E-state index contributed by atoms with van der Waals surface area (Å²) < 4.78 is 11.1. The summed E-state index contributed by atoms with van der Waals surface area (Å²) in [5.74, 6) is -0.496. The fraction of sp³-hybridized carbons (Fsp3) is 0.516. The van der Waals surface area contributed by atoms with Gasteiger partial charge in [0.05, 0.1) is 12.6 Å². The summed E-state index contributed by atoms with van der Waals surface area (Å²) in [7, 11) is 29.3. The second kappa shape index (κ2) is 18.5. The molecule has 0 saturated carbocycles. The third-order valence-electron chi connectivity index (χ3n) is 8.15. The molecule has 2 aromatic rings. The Labute approximate surface area is 287 Å². The number of rotatable bonds is 16. The van der Waals surface area contributed by atoms with Gasteiger partial charge in [0.2, 0.25) is 24.0 Å². The molecule has 0 aliphatic carbocycles. The second-order valence-corrected chi connectivity index (χ2v) is 11.6. The quantitative estimate of drug-likeness (QED) is 0.0770. The number of carbonyl (C=O) groups excluding carboxylic acids is 3. The van der Waals surface area contributed by atoms with Crippen molar-refractivity contribution in [1.82, 2.24) is 10.2 Å². The number of aliphatic hydroxyl groups excluding tert-OH is 3. The average Bonchev–Trinajstić information content (AvgIpc) is 3.08. The Morgan fingerprint density at radius 3 is 2.10 bits per heavy atom. The number of unbranched alkanes of at least 4 members (excludes halogenated alkanes) is 3. The number of hydrogen-bond donors (Lipinski definition) is 6. The third-order valence-corrected chi connectivity index (χ3v) is 8.15. The molecule has 1 aliphatic heterocycles. The molecule has 0 aromatic heterocycles. The molecule has 5 atom stereocenters. The van der Waals surface area contributed by atoms with Crippen molar-refractivity contribution in [3.8, 4) is 5.75 Å². The van der Waals surface area contributed by atoms with Crippen molar-refractivity contribution in [1.29, 1.82) is 0 Å². The Kier molecular flexibility index (Phi) is 15.1. The van der Waals surface area contributed by atoms with Crippen molar-refractivity contribution in [2.24, 2.45) is 5.73 Å². The Hall–Kier alpha value is -3.23. The van der Waals surface area contributed by atoms with E-state index in [1.807, 2.05) is 0 Å². The molecule has 5 unspecified atom stereocenters. The van der Waals surface area contributed by atoms with Gasteiger partial charge in [-0.3, -0.25) is 14.4 Å². The van der Waals surface area contributed by atoms with Gasteiger partial charge < -0.3 is 46.1 Å².